The molecule has 6 nitrogen and oxygen atoms in total. The smallest absolute Gasteiger partial charge is 0.285 e. The fourth-order valence-corrected chi connectivity index (χ4v) is 0.586. The van der Waals surface area contributed by atoms with Gasteiger partial charge in [-0.15, -0.1) is 5.10 Å². The van der Waals surface area contributed by atoms with Crippen LogP contribution < -0.4 is 0 Å². The van der Waals surface area contributed by atoms with Gasteiger partial charge >= 0.3 is 6.03 Å². The minimum atomic E-state index is -0.634. The molecule has 0 unspecified atom stereocenters. The first-order chi connectivity index (χ1) is 5.11. The molecule has 1 aromatic heterocycles. The first-order valence-corrected chi connectivity index (χ1v) is 2.96. The third-order valence-corrected chi connectivity index (χ3v) is 1.08. The number of carbonyl (C=O) groups excluding carboxylic acids is 1. The number of rotatable bonds is 0. The Morgan fingerprint density at radius 3 is 2.82 bits per heavy atom. The third-order valence-electron chi connectivity index (χ3n) is 1.08. The van der Waals surface area contributed by atoms with Crippen LogP contribution in [0.1, 0.15) is 5.82 Å². The van der Waals surface area contributed by atoms with Crippen LogP contribution in [0.25, 0.3) is 0 Å². The molecule has 0 saturated heterocycles. The second kappa shape index (κ2) is 2.67. The van der Waals surface area contributed by atoms with E-state index in [1.807, 2.05) is 0 Å². The van der Waals surface area contributed by atoms with Crippen LogP contribution in [0.2, 0.25) is 0 Å². The summed E-state index contributed by atoms with van der Waals surface area (Å²) >= 11 is 0. The second-order valence-electron chi connectivity index (χ2n) is 2.04. The molecule has 0 aromatic carbocycles. The van der Waals surface area contributed by atoms with E-state index in [0.29, 0.717) is 10.9 Å². The van der Waals surface area contributed by atoms with Gasteiger partial charge in [0.05, 0.1) is 0 Å². The Kier molecular flexibility index (Phi) is 1.86. The summed E-state index contributed by atoms with van der Waals surface area (Å²) in [7, 11) is 1.22. The summed E-state index contributed by atoms with van der Waals surface area (Å²) in [5.74, 6) is 0.486. The van der Waals surface area contributed by atoms with Crippen LogP contribution in [0.15, 0.2) is 6.33 Å². The Hall–Kier alpha value is -1.43. The quantitative estimate of drug-likeness (QED) is 0.419. The third kappa shape index (κ3) is 1.53. The SMILES string of the molecule is Cc1ncn(C(=O)N(C)O)n1. The van der Waals surface area contributed by atoms with Crippen molar-refractivity contribution in [1.82, 2.24) is 19.8 Å². The van der Waals surface area contributed by atoms with Crippen LogP contribution in [0.4, 0.5) is 4.79 Å². The van der Waals surface area contributed by atoms with Crippen molar-refractivity contribution in [2.75, 3.05) is 7.05 Å². The van der Waals surface area contributed by atoms with E-state index in [0.717, 1.165) is 4.68 Å². The summed E-state index contributed by atoms with van der Waals surface area (Å²) in [5.41, 5.74) is 0. The maximum absolute atomic E-state index is 10.9. The monoisotopic (exact) mass is 156 g/mol. The van der Waals surface area contributed by atoms with E-state index < -0.39 is 6.03 Å². The van der Waals surface area contributed by atoms with Gasteiger partial charge in [-0.3, -0.25) is 5.21 Å². The number of hydrogen-bond donors (Lipinski definition) is 1. The van der Waals surface area contributed by atoms with Crippen molar-refractivity contribution in [2.45, 2.75) is 6.92 Å². The predicted octanol–water partition coefficient (Wildman–Crippen LogP) is -0.124. The molecule has 0 aliphatic carbocycles. The molecule has 0 bridgehead atoms. The van der Waals surface area contributed by atoms with Crippen LogP contribution in [0.3, 0.4) is 0 Å². The summed E-state index contributed by atoms with van der Waals surface area (Å²) in [6.45, 7) is 1.65. The molecule has 0 aliphatic rings. The summed E-state index contributed by atoms with van der Waals surface area (Å²) in [6.07, 6.45) is 1.24. The normalized spacial score (nSPS) is 9.73. The van der Waals surface area contributed by atoms with E-state index in [9.17, 15) is 4.79 Å². The topological polar surface area (TPSA) is 71.2 Å². The van der Waals surface area contributed by atoms with Gasteiger partial charge in [0.2, 0.25) is 0 Å². The summed E-state index contributed by atoms with van der Waals surface area (Å²) in [6, 6.07) is -0.634. The van der Waals surface area contributed by atoms with Crippen molar-refractivity contribution in [3.8, 4) is 0 Å². The number of aryl methyl sites for hydroxylation is 1. The standard InChI is InChI=1S/C5H8N4O2/c1-4-6-3-9(7-4)5(10)8(2)11/h3,11H,1-2H3. The molecule has 0 spiro atoms. The van der Waals surface area contributed by atoms with Crippen LogP contribution in [0, 0.1) is 6.92 Å². The Balaban J connectivity index is 2.85. The van der Waals surface area contributed by atoms with Crippen LogP contribution >= 0.6 is 0 Å². The summed E-state index contributed by atoms with van der Waals surface area (Å²) in [4.78, 5) is 14.6. The Morgan fingerprint density at radius 1 is 1.82 bits per heavy atom. The fourth-order valence-electron chi connectivity index (χ4n) is 0.586. The van der Waals surface area contributed by atoms with Crippen molar-refractivity contribution in [3.05, 3.63) is 12.2 Å². The van der Waals surface area contributed by atoms with E-state index in [1.54, 1.807) is 6.92 Å². The van der Waals surface area contributed by atoms with Crippen LogP contribution in [-0.2, 0) is 0 Å². The average molecular weight is 156 g/mol. The van der Waals surface area contributed by atoms with Crippen molar-refractivity contribution in [1.29, 1.82) is 0 Å². The van der Waals surface area contributed by atoms with Crippen LogP contribution in [-0.4, -0.2) is 38.1 Å². The molecular formula is C5H8N4O2. The van der Waals surface area contributed by atoms with Crippen molar-refractivity contribution >= 4 is 6.03 Å². The van der Waals surface area contributed by atoms with Crippen molar-refractivity contribution in [3.63, 3.8) is 0 Å². The van der Waals surface area contributed by atoms with Gasteiger partial charge in [-0.25, -0.2) is 14.8 Å². The highest BCUT2D eigenvalue weighted by molar-refractivity contribution is 5.73. The van der Waals surface area contributed by atoms with Gasteiger partial charge < -0.3 is 0 Å². The van der Waals surface area contributed by atoms with Crippen molar-refractivity contribution in [2.24, 2.45) is 0 Å². The molecule has 0 fully saturated rings. The van der Waals surface area contributed by atoms with E-state index in [-0.39, 0.29) is 0 Å². The number of aromatic nitrogens is 3. The van der Waals surface area contributed by atoms with Gasteiger partial charge in [0.15, 0.2) is 0 Å². The molecule has 6 heteroatoms. The highest BCUT2D eigenvalue weighted by Crippen LogP contribution is 1.89. The zero-order chi connectivity index (χ0) is 8.43. The molecule has 0 atom stereocenters. The summed E-state index contributed by atoms with van der Waals surface area (Å²) < 4.78 is 0.954. The lowest BCUT2D eigenvalue weighted by molar-refractivity contribution is -0.0189. The van der Waals surface area contributed by atoms with E-state index in [1.165, 1.54) is 13.4 Å². The zero-order valence-electron chi connectivity index (χ0n) is 6.22. The van der Waals surface area contributed by atoms with Gasteiger partial charge in [-0.05, 0) is 6.92 Å². The number of hydrogen-bond acceptors (Lipinski definition) is 4. The lowest BCUT2D eigenvalue weighted by Gasteiger charge is -2.05. The van der Waals surface area contributed by atoms with E-state index in [4.69, 9.17) is 5.21 Å². The lowest BCUT2D eigenvalue weighted by Crippen LogP contribution is -2.28. The van der Waals surface area contributed by atoms with Crippen molar-refractivity contribution < 1.29 is 10.0 Å². The molecule has 0 radical (unpaired) electrons. The largest absolute Gasteiger partial charge is 0.369 e. The first-order valence-electron chi connectivity index (χ1n) is 2.96. The molecule has 0 aliphatic heterocycles. The lowest BCUT2D eigenvalue weighted by atomic mass is 10.8. The van der Waals surface area contributed by atoms with Gasteiger partial charge in [0.1, 0.15) is 12.2 Å². The molecule has 11 heavy (non-hydrogen) atoms. The zero-order valence-corrected chi connectivity index (χ0v) is 6.22. The second-order valence-corrected chi connectivity index (χ2v) is 2.04. The molecule has 1 amide bonds. The molecule has 60 valence electrons. The van der Waals surface area contributed by atoms with E-state index >= 15 is 0 Å². The molecular weight excluding hydrogens is 148 g/mol. The van der Waals surface area contributed by atoms with E-state index in [2.05, 4.69) is 10.1 Å². The number of hydroxylamine groups is 2. The highest BCUT2D eigenvalue weighted by atomic mass is 16.5. The first kappa shape index (κ1) is 7.67. The maximum atomic E-state index is 10.9. The number of nitrogens with zero attached hydrogens (tertiary/aromatic N) is 4. The van der Waals surface area contributed by atoms with Gasteiger partial charge in [-0.1, -0.05) is 0 Å². The average Bonchev–Trinajstić information content (AvgIpc) is 2.34. The minimum absolute atomic E-state index is 0.439. The number of carbonyl (C=O) groups is 1. The molecule has 0 saturated carbocycles. The number of amides is 1. The molecule has 1 heterocycles. The highest BCUT2D eigenvalue weighted by Gasteiger charge is 2.08. The predicted molar refractivity (Wildman–Crippen MR) is 35.1 cm³/mol. The molecule has 1 N–H and O–H groups in total. The Morgan fingerprint density at radius 2 is 2.45 bits per heavy atom. The molecule has 1 rings (SSSR count). The van der Waals surface area contributed by atoms with Gasteiger partial charge in [-0.2, -0.15) is 4.68 Å². The fraction of sp³-hybridized carbons (Fsp3) is 0.400. The Bertz CT molecular complexity index is 267. The van der Waals surface area contributed by atoms with Crippen LogP contribution in [0.5, 0.6) is 0 Å². The van der Waals surface area contributed by atoms with Gasteiger partial charge in [0.25, 0.3) is 0 Å². The van der Waals surface area contributed by atoms with Gasteiger partial charge in [0, 0.05) is 7.05 Å². The Labute approximate surface area is 63.0 Å². The summed E-state index contributed by atoms with van der Waals surface area (Å²) in [5, 5.41) is 12.8. The molecule has 1 aromatic rings. The minimum Gasteiger partial charge on any atom is -0.285 e. The maximum Gasteiger partial charge on any atom is 0.369 e.